The minimum atomic E-state index is -0.356. The number of nitrogens with two attached hydrogens (primary N) is 1. The van der Waals surface area contributed by atoms with Gasteiger partial charge in [-0.3, -0.25) is 9.89 Å². The monoisotopic (exact) mass is 328 g/mol. The summed E-state index contributed by atoms with van der Waals surface area (Å²) in [5, 5.41) is 9.54. The summed E-state index contributed by atoms with van der Waals surface area (Å²) in [5.41, 5.74) is 7.22. The highest BCUT2D eigenvalue weighted by molar-refractivity contribution is 9.10. The predicted molar refractivity (Wildman–Crippen MR) is 74.8 cm³/mol. The van der Waals surface area contributed by atoms with Gasteiger partial charge in [0.25, 0.3) is 5.91 Å². The topological polar surface area (TPSA) is 83.8 Å². The molecule has 1 aromatic carbocycles. The number of nitrogens with zero attached hydrogens (tertiary/aromatic N) is 1. The van der Waals surface area contributed by atoms with E-state index in [-0.39, 0.29) is 5.91 Å². The number of carbonyl (C=O) groups is 1. The maximum Gasteiger partial charge on any atom is 0.258 e. The molecule has 0 fully saturated rings. The highest BCUT2D eigenvalue weighted by Gasteiger charge is 2.14. The first-order valence-corrected chi connectivity index (χ1v) is 6.23. The Hall–Kier alpha value is -1.53. The number of anilines is 2. The fraction of sp³-hybridized carbons (Fsp3) is 0.0909. The van der Waals surface area contributed by atoms with E-state index in [4.69, 9.17) is 17.3 Å². The molecule has 0 aliphatic heterocycles. The summed E-state index contributed by atoms with van der Waals surface area (Å²) in [6.45, 7) is 1.77. The number of nitrogens with one attached hydrogen (secondary N) is 2. The zero-order valence-corrected chi connectivity index (χ0v) is 11.8. The average Bonchev–Trinajstić information content (AvgIpc) is 2.61. The van der Waals surface area contributed by atoms with E-state index in [9.17, 15) is 4.79 Å². The molecule has 0 saturated heterocycles. The van der Waals surface area contributed by atoms with E-state index < -0.39 is 0 Å². The third-order valence-electron chi connectivity index (χ3n) is 2.40. The van der Waals surface area contributed by atoms with Gasteiger partial charge in [0.2, 0.25) is 0 Å². The number of nitrogen functional groups attached to an aromatic ring is 1. The van der Waals surface area contributed by atoms with Gasteiger partial charge in [0.1, 0.15) is 0 Å². The number of hydrogen-bond donors (Lipinski definition) is 3. The standard InChI is InChI=1S/C11H10BrClN4O/c1-5-9(14)10(17-16-5)15-11(18)7-3-2-6(12)4-8(7)13/h2-4H,14H2,1H3,(H2,15,16,17,18). The van der Waals surface area contributed by atoms with Crippen molar-refractivity contribution in [3.63, 3.8) is 0 Å². The van der Waals surface area contributed by atoms with Crippen molar-refractivity contribution in [1.82, 2.24) is 10.2 Å². The molecule has 1 aromatic heterocycles. The molecule has 0 radical (unpaired) electrons. The van der Waals surface area contributed by atoms with Crippen LogP contribution in [0.2, 0.25) is 5.02 Å². The maximum absolute atomic E-state index is 12.0. The van der Waals surface area contributed by atoms with Gasteiger partial charge in [0, 0.05) is 4.47 Å². The zero-order chi connectivity index (χ0) is 13.3. The largest absolute Gasteiger partial charge is 0.394 e. The van der Waals surface area contributed by atoms with Crippen LogP contribution in [0.25, 0.3) is 0 Å². The Balaban J connectivity index is 2.25. The van der Waals surface area contributed by atoms with Crippen LogP contribution in [0.1, 0.15) is 16.1 Å². The summed E-state index contributed by atoms with van der Waals surface area (Å²) >= 11 is 9.26. The first-order chi connectivity index (χ1) is 8.49. The minimum absolute atomic E-state index is 0.302. The third kappa shape index (κ3) is 2.49. The van der Waals surface area contributed by atoms with Gasteiger partial charge >= 0.3 is 0 Å². The Morgan fingerprint density at radius 1 is 1.56 bits per heavy atom. The number of aromatic amines is 1. The molecule has 0 unspecified atom stereocenters. The van der Waals surface area contributed by atoms with Crippen LogP contribution in [0.5, 0.6) is 0 Å². The summed E-state index contributed by atoms with van der Waals surface area (Å²) in [6.07, 6.45) is 0. The quantitative estimate of drug-likeness (QED) is 0.792. The van der Waals surface area contributed by atoms with Crippen LogP contribution in [-0.2, 0) is 0 Å². The number of amides is 1. The molecule has 0 spiro atoms. The van der Waals surface area contributed by atoms with Gasteiger partial charge in [-0.1, -0.05) is 27.5 Å². The summed E-state index contributed by atoms with van der Waals surface area (Å²) in [5.74, 6) is -0.0535. The molecule has 0 saturated carbocycles. The highest BCUT2D eigenvalue weighted by Crippen LogP contribution is 2.24. The molecule has 5 nitrogen and oxygen atoms in total. The summed E-state index contributed by atoms with van der Waals surface area (Å²) in [6, 6.07) is 5.01. The first-order valence-electron chi connectivity index (χ1n) is 5.06. The van der Waals surface area contributed by atoms with Gasteiger partial charge in [0.15, 0.2) is 5.82 Å². The maximum atomic E-state index is 12.0. The Labute approximate surface area is 117 Å². The van der Waals surface area contributed by atoms with Crippen LogP contribution in [0.3, 0.4) is 0 Å². The van der Waals surface area contributed by atoms with E-state index in [1.165, 1.54) is 0 Å². The van der Waals surface area contributed by atoms with Crippen molar-refractivity contribution in [2.24, 2.45) is 0 Å². The fourth-order valence-corrected chi connectivity index (χ4v) is 2.14. The number of H-pyrrole nitrogens is 1. The Bertz CT molecular complexity index is 611. The Kier molecular flexibility index (Phi) is 3.58. The van der Waals surface area contributed by atoms with Gasteiger partial charge in [0.05, 0.1) is 22.0 Å². The molecule has 4 N–H and O–H groups in total. The Morgan fingerprint density at radius 2 is 2.28 bits per heavy atom. The van der Waals surface area contributed by atoms with Crippen molar-refractivity contribution in [2.45, 2.75) is 6.92 Å². The fourth-order valence-electron chi connectivity index (χ4n) is 1.38. The van der Waals surface area contributed by atoms with Crippen molar-refractivity contribution in [3.8, 4) is 0 Å². The molecule has 18 heavy (non-hydrogen) atoms. The Morgan fingerprint density at radius 3 is 2.83 bits per heavy atom. The normalized spacial score (nSPS) is 10.4. The second kappa shape index (κ2) is 4.99. The van der Waals surface area contributed by atoms with Gasteiger partial charge in [-0.25, -0.2) is 0 Å². The molecule has 0 aliphatic rings. The van der Waals surface area contributed by atoms with E-state index in [2.05, 4.69) is 31.4 Å². The van der Waals surface area contributed by atoms with Crippen LogP contribution in [0, 0.1) is 6.92 Å². The lowest BCUT2D eigenvalue weighted by molar-refractivity contribution is 0.102. The average molecular weight is 330 g/mol. The summed E-state index contributed by atoms with van der Waals surface area (Å²) in [4.78, 5) is 12.0. The molecule has 1 amide bonds. The van der Waals surface area contributed by atoms with Crippen molar-refractivity contribution in [1.29, 1.82) is 0 Å². The predicted octanol–water partition coefficient (Wildman–Crippen LogP) is 2.97. The number of rotatable bonds is 2. The molecular formula is C11H10BrClN4O. The van der Waals surface area contributed by atoms with Crippen LogP contribution < -0.4 is 11.1 Å². The molecule has 0 atom stereocenters. The van der Waals surface area contributed by atoms with E-state index in [1.54, 1.807) is 25.1 Å². The number of halogens is 2. The molecule has 94 valence electrons. The minimum Gasteiger partial charge on any atom is -0.394 e. The number of aryl methyl sites for hydroxylation is 1. The highest BCUT2D eigenvalue weighted by atomic mass is 79.9. The summed E-state index contributed by atoms with van der Waals surface area (Å²) < 4.78 is 0.805. The van der Waals surface area contributed by atoms with Gasteiger partial charge < -0.3 is 11.1 Å². The number of hydrogen-bond acceptors (Lipinski definition) is 3. The molecule has 2 rings (SSSR count). The van der Waals surface area contributed by atoms with Crippen LogP contribution >= 0.6 is 27.5 Å². The second-order valence-electron chi connectivity index (χ2n) is 3.69. The van der Waals surface area contributed by atoms with Gasteiger partial charge in [-0.05, 0) is 25.1 Å². The SMILES string of the molecule is Cc1[nH]nc(NC(=O)c2ccc(Br)cc2Cl)c1N. The molecule has 7 heteroatoms. The third-order valence-corrected chi connectivity index (χ3v) is 3.21. The first kappa shape index (κ1) is 12.9. The van der Waals surface area contributed by atoms with Crippen LogP contribution in [0.15, 0.2) is 22.7 Å². The van der Waals surface area contributed by atoms with Gasteiger partial charge in [-0.2, -0.15) is 5.10 Å². The van der Waals surface area contributed by atoms with E-state index in [0.717, 1.165) is 4.47 Å². The van der Waals surface area contributed by atoms with E-state index in [1.807, 2.05) is 0 Å². The lowest BCUT2D eigenvalue weighted by Gasteiger charge is -2.05. The number of carbonyl (C=O) groups excluding carboxylic acids is 1. The second-order valence-corrected chi connectivity index (χ2v) is 5.01. The van der Waals surface area contributed by atoms with Gasteiger partial charge in [-0.15, -0.1) is 0 Å². The zero-order valence-electron chi connectivity index (χ0n) is 9.42. The van der Waals surface area contributed by atoms with E-state index >= 15 is 0 Å². The molecule has 1 heterocycles. The van der Waals surface area contributed by atoms with Crippen molar-refractivity contribution in [2.75, 3.05) is 11.1 Å². The van der Waals surface area contributed by atoms with Crippen LogP contribution in [0.4, 0.5) is 11.5 Å². The number of aromatic nitrogens is 2. The van der Waals surface area contributed by atoms with Crippen molar-refractivity contribution >= 4 is 44.9 Å². The summed E-state index contributed by atoms with van der Waals surface area (Å²) in [7, 11) is 0. The van der Waals surface area contributed by atoms with Crippen molar-refractivity contribution in [3.05, 3.63) is 39.0 Å². The van der Waals surface area contributed by atoms with Crippen molar-refractivity contribution < 1.29 is 4.79 Å². The lowest BCUT2D eigenvalue weighted by Crippen LogP contribution is -2.13. The van der Waals surface area contributed by atoms with Crippen LogP contribution in [-0.4, -0.2) is 16.1 Å². The molecular weight excluding hydrogens is 320 g/mol. The smallest absolute Gasteiger partial charge is 0.258 e. The molecule has 0 aliphatic carbocycles. The molecule has 2 aromatic rings. The number of benzene rings is 1. The lowest BCUT2D eigenvalue weighted by atomic mass is 10.2. The molecule has 0 bridgehead atoms. The van der Waals surface area contributed by atoms with E-state index in [0.29, 0.717) is 27.8 Å².